The van der Waals surface area contributed by atoms with Gasteiger partial charge in [-0.05, 0) is 98.5 Å². The fraction of sp³-hybridized carbons (Fsp3) is 0.243. The van der Waals surface area contributed by atoms with Crippen molar-refractivity contribution in [2.24, 2.45) is 25.6 Å². The van der Waals surface area contributed by atoms with Crippen LogP contribution in [0.25, 0.3) is 16.5 Å². The second-order valence-electron chi connectivity index (χ2n) is 11.0. The van der Waals surface area contributed by atoms with Gasteiger partial charge in [-0.25, -0.2) is 0 Å². The van der Waals surface area contributed by atoms with Crippen LogP contribution in [0, 0.1) is 20.8 Å². The monoisotopic (exact) mass is 716 g/mol. The molecule has 0 aromatic heterocycles. The second-order valence-corrected chi connectivity index (χ2v) is 11.0. The van der Waals surface area contributed by atoms with Crippen LogP contribution in [-0.2, 0) is 42.3 Å². The number of azo groups is 2. The molecule has 1 N–H and O–H groups in total. The molecule has 11 heteroatoms. The summed E-state index contributed by atoms with van der Waals surface area (Å²) in [6.45, 7) is 13.0. The Bertz CT molecular complexity index is 1850. The van der Waals surface area contributed by atoms with Gasteiger partial charge in [-0.1, -0.05) is 68.8 Å². The van der Waals surface area contributed by atoms with Crippen molar-refractivity contribution in [3.05, 3.63) is 113 Å². The number of nitrogens with zero attached hydrogens (tertiary/aromatic N) is 7. The summed E-state index contributed by atoms with van der Waals surface area (Å²) in [7, 11) is 0. The van der Waals surface area contributed by atoms with Crippen molar-refractivity contribution in [1.29, 1.82) is 0 Å². The Hall–Kier alpha value is -4.54. The van der Waals surface area contributed by atoms with Crippen LogP contribution in [-0.4, -0.2) is 35.3 Å². The molecule has 0 fully saturated rings. The zero-order valence-corrected chi connectivity index (χ0v) is 31.2. The maximum absolute atomic E-state index is 13.0. The average Bonchev–Trinajstić information content (AvgIpc) is 3.35. The van der Waals surface area contributed by atoms with E-state index in [0.29, 0.717) is 28.5 Å². The predicted octanol–water partition coefficient (Wildman–Crippen LogP) is 9.30. The van der Waals surface area contributed by atoms with Crippen LogP contribution < -0.4 is 10.3 Å². The smallest absolute Gasteiger partial charge is 0.280 e. The molecule has 5 rings (SSSR count). The van der Waals surface area contributed by atoms with E-state index in [1.54, 1.807) is 31.2 Å². The number of rotatable bonds is 9. The van der Waals surface area contributed by atoms with Crippen LogP contribution >= 0.6 is 0 Å². The molecule has 1 aliphatic rings. The Morgan fingerprint density at radius 1 is 0.833 bits per heavy atom. The Labute approximate surface area is 307 Å². The molecule has 48 heavy (non-hydrogen) atoms. The average molecular weight is 717 g/mol. The molecular formula is C37H39N8O2Y-. The van der Waals surface area contributed by atoms with Gasteiger partial charge >= 0.3 is 0 Å². The first-order chi connectivity index (χ1) is 22.6. The zero-order valence-electron chi connectivity index (χ0n) is 28.3. The van der Waals surface area contributed by atoms with Crippen LogP contribution in [0.1, 0.15) is 44.4 Å². The maximum atomic E-state index is 13.0. The minimum absolute atomic E-state index is 0. The predicted molar refractivity (Wildman–Crippen MR) is 190 cm³/mol. The van der Waals surface area contributed by atoms with Gasteiger partial charge in [0.2, 0.25) is 0 Å². The molecule has 0 spiro atoms. The third-order valence-electron chi connectivity index (χ3n) is 7.35. The number of carbonyl (C=O) groups is 2. The summed E-state index contributed by atoms with van der Waals surface area (Å²) in [5.41, 5.74) is 7.75. The van der Waals surface area contributed by atoms with E-state index in [1.807, 2.05) is 101 Å². The van der Waals surface area contributed by atoms with Crippen molar-refractivity contribution >= 4 is 46.0 Å². The number of anilines is 2. The first-order valence-electron chi connectivity index (χ1n) is 15.5. The van der Waals surface area contributed by atoms with E-state index < -0.39 is 18.0 Å². The Kier molecular flexibility index (Phi) is 13.9. The number of amides is 2. The molecule has 2 unspecified atom stereocenters. The van der Waals surface area contributed by atoms with Crippen molar-refractivity contribution in [2.75, 3.05) is 10.3 Å². The van der Waals surface area contributed by atoms with Gasteiger partial charge in [-0.15, -0.1) is 0 Å². The van der Waals surface area contributed by atoms with Crippen molar-refractivity contribution in [2.45, 2.75) is 60.5 Å². The molecule has 0 saturated heterocycles. The van der Waals surface area contributed by atoms with Gasteiger partial charge in [-0.3, -0.25) is 9.59 Å². The number of hydrazone groups is 1. The Morgan fingerprint density at radius 2 is 1.40 bits per heavy atom. The topological polar surface area (TPSA) is 134 Å². The standard InChI is InChI=1S/C35H33N8O2.C2H6.Y/c1-21-11-15-29(16-12-21)43-35(45)33(25(5)42-43)41-39-31-18-14-27(20-23(31)3)26-13-17-30(22(2)19-26)38-40-32(24(4)36)34(44)37-28-9-7-6-8-10-28;1-2;/h6-20,32-33H,1-5H3,(H,37,44);1-2H3;/q-1;;. The SMILES string of the molecule is CC.CC(=[N-])C(N=Nc1ccc(-c2ccc(N=NC3C(=O)N(c4ccc(C)cc4)N=C3C)c(C)c2)cc1C)C(=O)Nc1ccccc1.[Y]. The molecule has 243 valence electrons. The number of benzene rings is 4. The van der Waals surface area contributed by atoms with Crippen LogP contribution in [0.2, 0.25) is 0 Å². The first-order valence-corrected chi connectivity index (χ1v) is 15.5. The third kappa shape index (κ3) is 9.29. The molecular weight excluding hydrogens is 677 g/mol. The van der Waals surface area contributed by atoms with Gasteiger partial charge in [0, 0.05) is 38.4 Å². The second kappa shape index (κ2) is 17.6. The number of carbonyl (C=O) groups excluding carboxylic acids is 2. The summed E-state index contributed by atoms with van der Waals surface area (Å²) in [4.78, 5) is 25.8. The van der Waals surface area contributed by atoms with Gasteiger partial charge in [0.05, 0.1) is 22.8 Å². The van der Waals surface area contributed by atoms with Crippen molar-refractivity contribution in [1.82, 2.24) is 0 Å². The summed E-state index contributed by atoms with van der Waals surface area (Å²) in [6.07, 6.45) is 0. The molecule has 10 nitrogen and oxygen atoms in total. The minimum atomic E-state index is -1.14. The Morgan fingerprint density at radius 3 is 1.94 bits per heavy atom. The van der Waals surface area contributed by atoms with E-state index in [4.69, 9.17) is 0 Å². The molecule has 1 heterocycles. The number of para-hydroxylation sites is 1. The van der Waals surface area contributed by atoms with E-state index in [-0.39, 0.29) is 44.3 Å². The maximum Gasteiger partial charge on any atom is 0.280 e. The van der Waals surface area contributed by atoms with E-state index in [0.717, 1.165) is 27.8 Å². The number of aryl methyl sites for hydroxylation is 3. The van der Waals surface area contributed by atoms with Crippen LogP contribution in [0.4, 0.5) is 22.7 Å². The van der Waals surface area contributed by atoms with Crippen LogP contribution in [0.5, 0.6) is 0 Å². The number of hydrogen-bond donors (Lipinski definition) is 1. The van der Waals surface area contributed by atoms with Gasteiger partial charge in [0.15, 0.2) is 6.04 Å². The number of nitrogens with one attached hydrogen (secondary N) is 1. The van der Waals surface area contributed by atoms with Gasteiger partial charge in [-0.2, -0.15) is 36.3 Å². The molecule has 0 bridgehead atoms. The number of hydrogen-bond acceptors (Lipinski definition) is 7. The fourth-order valence-electron chi connectivity index (χ4n) is 4.75. The quantitative estimate of drug-likeness (QED) is 0.137. The summed E-state index contributed by atoms with van der Waals surface area (Å²) < 4.78 is 0. The van der Waals surface area contributed by atoms with E-state index in [2.05, 4.69) is 30.9 Å². The Balaban J connectivity index is 0.00000204. The summed E-state index contributed by atoms with van der Waals surface area (Å²) in [5.74, 6) is -0.715. The molecule has 2 amide bonds. The molecule has 0 aliphatic carbocycles. The molecule has 2 atom stereocenters. The first kappa shape index (κ1) is 37.9. The summed E-state index contributed by atoms with van der Waals surface area (Å²) in [5, 5.41) is 35.8. The molecule has 1 radical (unpaired) electrons. The zero-order chi connectivity index (χ0) is 34.1. The normalized spacial score (nSPS) is 14.6. The summed E-state index contributed by atoms with van der Waals surface area (Å²) >= 11 is 0. The van der Waals surface area contributed by atoms with E-state index >= 15 is 0 Å². The minimum Gasteiger partial charge on any atom is -0.809 e. The van der Waals surface area contributed by atoms with Crippen molar-refractivity contribution in [3.8, 4) is 11.1 Å². The van der Waals surface area contributed by atoms with Crippen LogP contribution in [0.15, 0.2) is 117 Å². The molecule has 4 aromatic rings. The molecule has 4 aromatic carbocycles. The summed E-state index contributed by atoms with van der Waals surface area (Å²) in [6, 6.07) is 26.2. The fourth-order valence-corrected chi connectivity index (χ4v) is 4.75. The third-order valence-corrected chi connectivity index (χ3v) is 7.35. The van der Waals surface area contributed by atoms with Crippen molar-refractivity contribution < 1.29 is 42.3 Å². The van der Waals surface area contributed by atoms with Crippen LogP contribution in [0.3, 0.4) is 0 Å². The van der Waals surface area contributed by atoms with E-state index in [1.165, 1.54) is 11.9 Å². The van der Waals surface area contributed by atoms with E-state index in [9.17, 15) is 15.0 Å². The largest absolute Gasteiger partial charge is 0.809 e. The van der Waals surface area contributed by atoms with Gasteiger partial charge in [0.1, 0.15) is 6.04 Å². The molecule has 1 aliphatic heterocycles. The van der Waals surface area contributed by atoms with Crippen molar-refractivity contribution in [3.63, 3.8) is 0 Å². The van der Waals surface area contributed by atoms with Gasteiger partial charge < -0.3 is 10.7 Å². The van der Waals surface area contributed by atoms with Gasteiger partial charge in [0.25, 0.3) is 11.8 Å². The molecule has 0 saturated carbocycles.